The molecule has 3 amide bonds. The summed E-state index contributed by atoms with van der Waals surface area (Å²) in [4.78, 5) is 50.1. The van der Waals surface area contributed by atoms with Gasteiger partial charge in [-0.15, -0.1) is 11.8 Å². The van der Waals surface area contributed by atoms with Crippen LogP contribution in [0.5, 0.6) is 11.5 Å². The van der Waals surface area contributed by atoms with Crippen LogP contribution in [0.3, 0.4) is 0 Å². The third-order valence-corrected chi connectivity index (χ3v) is 7.45. The Morgan fingerprint density at radius 1 is 0.889 bits per heavy atom. The van der Waals surface area contributed by atoms with Gasteiger partial charge in [-0.05, 0) is 79.2 Å². The van der Waals surface area contributed by atoms with Crippen molar-refractivity contribution in [3.8, 4) is 11.5 Å². The van der Waals surface area contributed by atoms with Crippen molar-refractivity contribution in [2.45, 2.75) is 11.8 Å². The number of nitrogens with one attached hydrogen (secondary N) is 3. The Bertz CT molecular complexity index is 1740. The zero-order chi connectivity index (χ0) is 32.3. The van der Waals surface area contributed by atoms with Gasteiger partial charge in [0.15, 0.2) is 0 Å². The lowest BCUT2D eigenvalue weighted by Gasteiger charge is -2.13. The minimum atomic E-state index is -0.567. The largest absolute Gasteiger partial charge is 0.497 e. The molecule has 0 spiro atoms. The lowest BCUT2D eigenvalue weighted by Crippen LogP contribution is -2.30. The summed E-state index contributed by atoms with van der Waals surface area (Å²) < 4.78 is 10.8. The molecule has 0 aliphatic heterocycles. The maximum Gasteiger partial charge on any atom is 0.272 e. The average Bonchev–Trinajstić information content (AvgIpc) is 3.05. The number of carbonyl (C=O) groups is 3. The van der Waals surface area contributed by atoms with Crippen molar-refractivity contribution in [3.63, 3.8) is 0 Å². The summed E-state index contributed by atoms with van der Waals surface area (Å²) in [5.41, 5.74) is 2.38. The first-order valence-electron chi connectivity index (χ1n) is 13.6. The van der Waals surface area contributed by atoms with E-state index in [-0.39, 0.29) is 23.0 Å². The number of carbonyl (C=O) groups excluding carboxylic acids is 3. The number of nitro groups is 1. The highest BCUT2D eigenvalue weighted by Gasteiger charge is 2.17. The Kier molecular flexibility index (Phi) is 10.9. The molecule has 0 radical (unpaired) electrons. The van der Waals surface area contributed by atoms with Crippen LogP contribution >= 0.6 is 11.8 Å². The third-order valence-electron chi connectivity index (χ3n) is 6.44. The Balaban J connectivity index is 1.45. The molecule has 0 heterocycles. The number of aryl methyl sites for hydroxylation is 1. The lowest BCUT2D eigenvalue weighted by atomic mass is 10.1. The average molecular weight is 627 g/mol. The second-order valence-electron chi connectivity index (χ2n) is 9.56. The summed E-state index contributed by atoms with van der Waals surface area (Å²) in [6.07, 6.45) is 1.51. The summed E-state index contributed by atoms with van der Waals surface area (Å²) in [5, 5.41) is 19.2. The Labute approximate surface area is 263 Å². The first-order chi connectivity index (χ1) is 21.7. The van der Waals surface area contributed by atoms with Crippen LogP contribution in [0.15, 0.2) is 102 Å². The molecule has 3 N–H and O–H groups in total. The summed E-state index contributed by atoms with van der Waals surface area (Å²) in [5.74, 6) is -0.186. The minimum Gasteiger partial charge on any atom is -0.497 e. The number of non-ortho nitro benzene ring substituents is 1. The van der Waals surface area contributed by atoms with E-state index < -0.39 is 16.7 Å². The fourth-order valence-electron chi connectivity index (χ4n) is 4.12. The molecule has 0 atom stereocenters. The number of nitro benzene ring substituents is 1. The van der Waals surface area contributed by atoms with Crippen molar-refractivity contribution in [2.75, 3.05) is 30.6 Å². The van der Waals surface area contributed by atoms with Crippen LogP contribution in [0.25, 0.3) is 6.08 Å². The van der Waals surface area contributed by atoms with Crippen molar-refractivity contribution in [3.05, 3.63) is 123 Å². The van der Waals surface area contributed by atoms with E-state index in [2.05, 4.69) is 16.0 Å². The maximum absolute atomic E-state index is 13.4. The molecule has 0 saturated heterocycles. The molecule has 0 aliphatic rings. The van der Waals surface area contributed by atoms with Crippen molar-refractivity contribution >= 4 is 52.6 Å². The molecule has 0 aromatic heterocycles. The summed E-state index contributed by atoms with van der Waals surface area (Å²) in [6, 6.07) is 24.7. The number of methoxy groups -OCH3 is 2. The minimum absolute atomic E-state index is 0.0212. The number of thioether (sulfide) groups is 1. The highest BCUT2D eigenvalue weighted by Crippen LogP contribution is 2.27. The molecule has 0 fully saturated rings. The molecular formula is C33H30N4O7S. The van der Waals surface area contributed by atoms with Gasteiger partial charge in [0.25, 0.3) is 17.5 Å². The molecule has 0 unspecified atom stereocenters. The third kappa shape index (κ3) is 8.94. The van der Waals surface area contributed by atoms with Gasteiger partial charge in [0.1, 0.15) is 17.2 Å². The van der Waals surface area contributed by atoms with Gasteiger partial charge in [-0.1, -0.05) is 18.2 Å². The molecule has 4 aromatic carbocycles. The SMILES string of the molecule is COc1ccc(OC)c(/C=C(\NC(=O)c2ccccc2)C(=O)Nc2ccc(SCC(=O)Nc3ccc([N+](=O)[O-])cc3C)cc2)c1. The van der Waals surface area contributed by atoms with E-state index in [1.54, 1.807) is 79.7 Å². The van der Waals surface area contributed by atoms with Crippen molar-refractivity contribution < 1.29 is 28.8 Å². The van der Waals surface area contributed by atoms with E-state index >= 15 is 0 Å². The van der Waals surface area contributed by atoms with E-state index in [0.717, 1.165) is 4.90 Å². The monoisotopic (exact) mass is 626 g/mol. The van der Waals surface area contributed by atoms with Crippen LogP contribution in [-0.4, -0.2) is 42.6 Å². The standard InChI is InChI=1S/C33H30N4O7S/c1-21-17-25(37(41)42)11-15-28(21)35-31(38)20-45-27-13-9-24(10-14-27)34-33(40)29(36-32(39)22-7-5-4-6-8-22)19-23-18-26(43-2)12-16-30(23)44-3/h4-19H,20H2,1-3H3,(H,34,40)(H,35,38)(H,36,39)/b29-19-. The predicted molar refractivity (Wildman–Crippen MR) is 174 cm³/mol. The fourth-order valence-corrected chi connectivity index (χ4v) is 4.82. The van der Waals surface area contributed by atoms with E-state index in [1.165, 1.54) is 50.3 Å². The van der Waals surface area contributed by atoms with Gasteiger partial charge in [-0.3, -0.25) is 24.5 Å². The molecule has 4 aromatic rings. The van der Waals surface area contributed by atoms with Crippen molar-refractivity contribution in [1.29, 1.82) is 0 Å². The quantitative estimate of drug-likeness (QED) is 0.0744. The summed E-state index contributed by atoms with van der Waals surface area (Å²) in [7, 11) is 3.02. The summed E-state index contributed by atoms with van der Waals surface area (Å²) in [6.45, 7) is 1.68. The number of benzene rings is 4. The molecule has 230 valence electrons. The van der Waals surface area contributed by atoms with Crippen LogP contribution < -0.4 is 25.4 Å². The van der Waals surface area contributed by atoms with Gasteiger partial charge in [0.2, 0.25) is 5.91 Å². The summed E-state index contributed by atoms with van der Waals surface area (Å²) >= 11 is 1.28. The smallest absolute Gasteiger partial charge is 0.272 e. The van der Waals surface area contributed by atoms with Crippen LogP contribution in [-0.2, 0) is 9.59 Å². The Morgan fingerprint density at radius 2 is 1.62 bits per heavy atom. The van der Waals surface area contributed by atoms with Gasteiger partial charge in [0, 0.05) is 39.5 Å². The van der Waals surface area contributed by atoms with Gasteiger partial charge >= 0.3 is 0 Å². The number of ether oxygens (including phenoxy) is 2. The van der Waals surface area contributed by atoms with E-state index in [1.807, 2.05) is 0 Å². The molecule has 4 rings (SSSR count). The molecular weight excluding hydrogens is 596 g/mol. The topological polar surface area (TPSA) is 149 Å². The Hall–Kier alpha value is -5.62. The van der Waals surface area contributed by atoms with Gasteiger partial charge in [-0.2, -0.15) is 0 Å². The number of anilines is 2. The second-order valence-corrected chi connectivity index (χ2v) is 10.6. The molecule has 0 saturated carbocycles. The van der Waals surface area contributed by atoms with Gasteiger partial charge < -0.3 is 25.4 Å². The number of hydrogen-bond acceptors (Lipinski definition) is 8. The Morgan fingerprint density at radius 3 is 2.27 bits per heavy atom. The number of amides is 3. The van der Waals surface area contributed by atoms with Crippen LogP contribution in [0.1, 0.15) is 21.5 Å². The maximum atomic E-state index is 13.4. The van der Waals surface area contributed by atoms with Crippen LogP contribution in [0.2, 0.25) is 0 Å². The van der Waals surface area contributed by atoms with E-state index in [0.29, 0.717) is 39.6 Å². The molecule has 0 aliphatic carbocycles. The van der Waals surface area contributed by atoms with Crippen molar-refractivity contribution in [2.24, 2.45) is 0 Å². The predicted octanol–water partition coefficient (Wildman–Crippen LogP) is 6.06. The van der Waals surface area contributed by atoms with Gasteiger partial charge in [-0.25, -0.2) is 0 Å². The van der Waals surface area contributed by atoms with Crippen molar-refractivity contribution in [1.82, 2.24) is 5.32 Å². The molecule has 12 heteroatoms. The van der Waals surface area contributed by atoms with Crippen LogP contribution in [0.4, 0.5) is 17.1 Å². The molecule has 0 bridgehead atoms. The van der Waals surface area contributed by atoms with E-state index in [4.69, 9.17) is 9.47 Å². The van der Waals surface area contributed by atoms with Gasteiger partial charge in [0.05, 0.1) is 24.9 Å². The zero-order valence-electron chi connectivity index (χ0n) is 24.7. The normalized spacial score (nSPS) is 10.9. The first-order valence-corrected chi connectivity index (χ1v) is 14.5. The fraction of sp³-hybridized carbons (Fsp3) is 0.121. The highest BCUT2D eigenvalue weighted by molar-refractivity contribution is 8.00. The first kappa shape index (κ1) is 32.3. The number of nitrogens with zero attached hydrogens (tertiary/aromatic N) is 1. The number of rotatable bonds is 12. The number of hydrogen-bond donors (Lipinski definition) is 3. The highest BCUT2D eigenvalue weighted by atomic mass is 32.2. The lowest BCUT2D eigenvalue weighted by molar-refractivity contribution is -0.384. The zero-order valence-corrected chi connectivity index (χ0v) is 25.5. The molecule has 45 heavy (non-hydrogen) atoms. The second kappa shape index (κ2) is 15.2. The van der Waals surface area contributed by atoms with E-state index in [9.17, 15) is 24.5 Å². The van der Waals surface area contributed by atoms with Crippen LogP contribution in [0, 0.1) is 17.0 Å². The molecule has 11 nitrogen and oxygen atoms in total.